The standard InChI is InChI=1S/C24H40ClNO2/c1-5-9-16-26(17-10-6-2,18-11-7-3)22(13-8-4)21-15-12-14-20(24(21)25)19-23(27)28/h12,14-15,22H,5-11,13,16-19H2,1-4H3/p+1. The number of quaternary nitrogens is 1. The molecule has 0 spiro atoms. The molecule has 3 nitrogen and oxygen atoms in total. The molecule has 0 aliphatic heterocycles. The predicted octanol–water partition coefficient (Wildman–Crippen LogP) is 7.03. The smallest absolute Gasteiger partial charge is 0.307 e. The number of carbonyl (C=O) groups is 1. The largest absolute Gasteiger partial charge is 0.481 e. The minimum absolute atomic E-state index is 0.00953. The van der Waals surface area contributed by atoms with E-state index in [2.05, 4.69) is 33.8 Å². The van der Waals surface area contributed by atoms with Gasteiger partial charge in [0.05, 0.1) is 31.1 Å². The SMILES string of the molecule is CCCC[N+](CCCC)(CCCC)C(CCC)c1cccc(CC(=O)O)c1Cl. The summed E-state index contributed by atoms with van der Waals surface area (Å²) in [7, 11) is 0. The summed E-state index contributed by atoms with van der Waals surface area (Å²) in [5, 5.41) is 9.95. The van der Waals surface area contributed by atoms with Crippen LogP contribution < -0.4 is 0 Å². The molecule has 1 unspecified atom stereocenters. The molecule has 0 aromatic heterocycles. The highest BCUT2D eigenvalue weighted by Gasteiger charge is 2.37. The zero-order valence-electron chi connectivity index (χ0n) is 18.5. The molecule has 0 heterocycles. The van der Waals surface area contributed by atoms with Crippen LogP contribution in [0.15, 0.2) is 18.2 Å². The lowest BCUT2D eigenvalue weighted by atomic mass is 9.93. The van der Waals surface area contributed by atoms with E-state index in [9.17, 15) is 9.90 Å². The molecule has 1 atom stereocenters. The Balaban J connectivity index is 3.45. The first kappa shape index (κ1) is 25.0. The Morgan fingerprint density at radius 2 is 1.50 bits per heavy atom. The van der Waals surface area contributed by atoms with E-state index in [-0.39, 0.29) is 6.42 Å². The minimum Gasteiger partial charge on any atom is -0.481 e. The van der Waals surface area contributed by atoms with Gasteiger partial charge in [-0.2, -0.15) is 0 Å². The van der Waals surface area contributed by atoms with E-state index in [1.165, 1.54) is 58.2 Å². The molecule has 1 aromatic rings. The summed E-state index contributed by atoms with van der Waals surface area (Å²) < 4.78 is 1.10. The van der Waals surface area contributed by atoms with Crippen molar-refractivity contribution in [1.29, 1.82) is 0 Å². The predicted molar refractivity (Wildman–Crippen MR) is 120 cm³/mol. The third-order valence-electron chi connectivity index (χ3n) is 5.90. The number of rotatable bonds is 15. The molecule has 0 aliphatic carbocycles. The first-order chi connectivity index (χ1) is 13.5. The van der Waals surface area contributed by atoms with E-state index < -0.39 is 5.97 Å². The van der Waals surface area contributed by atoms with Crippen molar-refractivity contribution < 1.29 is 14.4 Å². The number of hydrogen-bond donors (Lipinski definition) is 1. The highest BCUT2D eigenvalue weighted by molar-refractivity contribution is 6.32. The Labute approximate surface area is 177 Å². The maximum Gasteiger partial charge on any atom is 0.307 e. The van der Waals surface area contributed by atoms with Gasteiger partial charge in [0, 0.05) is 12.0 Å². The summed E-state index contributed by atoms with van der Waals surface area (Å²) in [4.78, 5) is 11.3. The van der Waals surface area contributed by atoms with Crippen molar-refractivity contribution >= 4 is 17.6 Å². The molecular weight excluding hydrogens is 370 g/mol. The molecule has 28 heavy (non-hydrogen) atoms. The van der Waals surface area contributed by atoms with Gasteiger partial charge in [-0.3, -0.25) is 4.79 Å². The molecule has 0 saturated heterocycles. The van der Waals surface area contributed by atoms with Gasteiger partial charge in [-0.1, -0.05) is 83.2 Å². The van der Waals surface area contributed by atoms with E-state index in [0.29, 0.717) is 11.1 Å². The van der Waals surface area contributed by atoms with Gasteiger partial charge < -0.3 is 9.59 Å². The average molecular weight is 411 g/mol. The van der Waals surface area contributed by atoms with Crippen LogP contribution in [0.2, 0.25) is 5.02 Å². The van der Waals surface area contributed by atoms with Crippen LogP contribution in [0.1, 0.15) is 96.2 Å². The highest BCUT2D eigenvalue weighted by atomic mass is 35.5. The lowest BCUT2D eigenvalue weighted by Crippen LogP contribution is -2.52. The molecule has 0 saturated carbocycles. The summed E-state index contributed by atoms with van der Waals surface area (Å²) >= 11 is 6.82. The van der Waals surface area contributed by atoms with Gasteiger partial charge in [0.1, 0.15) is 6.04 Å². The van der Waals surface area contributed by atoms with Crippen LogP contribution in [-0.2, 0) is 11.2 Å². The van der Waals surface area contributed by atoms with Crippen molar-refractivity contribution in [2.24, 2.45) is 0 Å². The van der Waals surface area contributed by atoms with Gasteiger partial charge in [-0.05, 0) is 24.8 Å². The van der Waals surface area contributed by atoms with Crippen LogP contribution in [0.25, 0.3) is 0 Å². The highest BCUT2D eigenvalue weighted by Crippen LogP contribution is 2.39. The average Bonchev–Trinajstić information content (AvgIpc) is 2.68. The fourth-order valence-corrected chi connectivity index (χ4v) is 4.70. The maximum atomic E-state index is 11.3. The van der Waals surface area contributed by atoms with Gasteiger partial charge in [0.2, 0.25) is 0 Å². The van der Waals surface area contributed by atoms with Crippen molar-refractivity contribution in [3.63, 3.8) is 0 Å². The number of nitrogens with zero attached hydrogens (tertiary/aromatic N) is 1. The Morgan fingerprint density at radius 1 is 0.964 bits per heavy atom. The van der Waals surface area contributed by atoms with Gasteiger partial charge in [0.25, 0.3) is 0 Å². The summed E-state index contributed by atoms with van der Waals surface area (Å²) in [6, 6.07) is 6.35. The second-order valence-electron chi connectivity index (χ2n) is 8.15. The molecule has 0 aliphatic rings. The molecular formula is C24H41ClNO2+. The quantitative estimate of drug-likeness (QED) is 0.315. The molecule has 0 radical (unpaired) electrons. The third kappa shape index (κ3) is 7.08. The van der Waals surface area contributed by atoms with Crippen molar-refractivity contribution in [1.82, 2.24) is 0 Å². The lowest BCUT2D eigenvalue weighted by molar-refractivity contribution is -0.958. The van der Waals surface area contributed by atoms with Crippen molar-refractivity contribution in [3.8, 4) is 0 Å². The number of aliphatic carboxylic acids is 1. The summed E-state index contributed by atoms with van der Waals surface area (Å²) in [6.45, 7) is 12.6. The fraction of sp³-hybridized carbons (Fsp3) is 0.708. The van der Waals surface area contributed by atoms with E-state index in [4.69, 9.17) is 11.6 Å². The summed E-state index contributed by atoms with van der Waals surface area (Å²) in [5.41, 5.74) is 1.90. The van der Waals surface area contributed by atoms with Crippen molar-refractivity contribution in [2.75, 3.05) is 19.6 Å². The molecule has 0 amide bonds. The number of carboxylic acids is 1. The van der Waals surface area contributed by atoms with Crippen LogP contribution in [0.3, 0.4) is 0 Å². The van der Waals surface area contributed by atoms with Crippen LogP contribution >= 0.6 is 11.6 Å². The zero-order chi connectivity index (χ0) is 21.0. The first-order valence-electron chi connectivity index (χ1n) is 11.3. The number of hydrogen-bond acceptors (Lipinski definition) is 1. The molecule has 160 valence electrons. The van der Waals surface area contributed by atoms with Crippen molar-refractivity contribution in [2.45, 2.75) is 91.5 Å². The minimum atomic E-state index is -0.824. The Hall–Kier alpha value is -1.06. The Morgan fingerprint density at radius 3 is 1.93 bits per heavy atom. The van der Waals surface area contributed by atoms with Crippen molar-refractivity contribution in [3.05, 3.63) is 34.3 Å². The summed E-state index contributed by atoms with van der Waals surface area (Å²) in [5.74, 6) is -0.824. The maximum absolute atomic E-state index is 11.3. The van der Waals surface area contributed by atoms with Crippen LogP contribution in [-0.4, -0.2) is 35.2 Å². The summed E-state index contributed by atoms with van der Waals surface area (Å²) in [6.07, 6.45) is 9.45. The van der Waals surface area contributed by atoms with Gasteiger partial charge in [0.15, 0.2) is 0 Å². The number of benzene rings is 1. The monoisotopic (exact) mass is 410 g/mol. The van der Waals surface area contributed by atoms with Crippen LogP contribution in [0, 0.1) is 0 Å². The molecule has 1 N–H and O–H groups in total. The number of unbranched alkanes of at least 4 members (excludes halogenated alkanes) is 3. The number of halogens is 1. The second kappa shape index (κ2) is 13.2. The van der Waals surface area contributed by atoms with E-state index in [0.717, 1.165) is 28.5 Å². The van der Waals surface area contributed by atoms with E-state index in [1.807, 2.05) is 12.1 Å². The Kier molecular flexibility index (Phi) is 11.8. The van der Waals surface area contributed by atoms with E-state index >= 15 is 0 Å². The third-order valence-corrected chi connectivity index (χ3v) is 6.36. The normalized spacial score (nSPS) is 12.9. The van der Waals surface area contributed by atoms with Gasteiger partial charge in [-0.15, -0.1) is 0 Å². The second-order valence-corrected chi connectivity index (χ2v) is 8.52. The van der Waals surface area contributed by atoms with Crippen LogP contribution in [0.5, 0.6) is 0 Å². The topological polar surface area (TPSA) is 37.3 Å². The Bertz CT molecular complexity index is 566. The van der Waals surface area contributed by atoms with Gasteiger partial charge >= 0.3 is 5.97 Å². The van der Waals surface area contributed by atoms with E-state index in [1.54, 1.807) is 0 Å². The molecule has 1 rings (SSSR count). The molecule has 0 bridgehead atoms. The number of carboxylic acid groups (broad SMARTS) is 1. The molecule has 4 heteroatoms. The zero-order valence-corrected chi connectivity index (χ0v) is 19.2. The first-order valence-corrected chi connectivity index (χ1v) is 11.7. The molecule has 0 fully saturated rings. The fourth-order valence-electron chi connectivity index (χ4n) is 4.38. The van der Waals surface area contributed by atoms with Crippen LogP contribution in [0.4, 0.5) is 0 Å². The molecule has 1 aromatic carbocycles. The lowest BCUT2D eigenvalue weighted by Gasteiger charge is -2.46. The van der Waals surface area contributed by atoms with Gasteiger partial charge in [-0.25, -0.2) is 0 Å².